The minimum absolute atomic E-state index is 0.000511. The molecule has 20 heavy (non-hydrogen) atoms. The summed E-state index contributed by atoms with van der Waals surface area (Å²) in [5.74, 6) is 0. The molecule has 2 aliphatic rings. The Morgan fingerprint density at radius 1 is 1.10 bits per heavy atom. The Kier molecular flexibility index (Phi) is 4.06. The molecule has 2 heterocycles. The van der Waals surface area contributed by atoms with Crippen LogP contribution in [0.1, 0.15) is 19.3 Å². The predicted octanol–water partition coefficient (Wildman–Crippen LogP) is 1.77. The summed E-state index contributed by atoms with van der Waals surface area (Å²) in [7, 11) is 0. The number of carbonyl (C=O) groups is 1. The second-order valence-corrected chi connectivity index (χ2v) is 5.45. The van der Waals surface area contributed by atoms with Gasteiger partial charge in [0.2, 0.25) is 0 Å². The summed E-state index contributed by atoms with van der Waals surface area (Å²) in [6.07, 6.45) is 3.60. The standard InChI is InChI=1S/C15H22N4O/c20-15-17-10-11-19(15)14-5-3-13(4-6-14)18-12-2-1-8-16-9-7-12/h3-6,12,16,18H,1-2,7-11H2,(H,17,20). The fourth-order valence-corrected chi connectivity index (χ4v) is 2.85. The number of rotatable bonds is 3. The van der Waals surface area contributed by atoms with Crippen molar-refractivity contribution in [1.82, 2.24) is 10.6 Å². The number of anilines is 2. The highest BCUT2D eigenvalue weighted by atomic mass is 16.2. The molecule has 2 fully saturated rings. The van der Waals surface area contributed by atoms with Crippen LogP contribution in [-0.2, 0) is 0 Å². The Morgan fingerprint density at radius 3 is 2.70 bits per heavy atom. The highest BCUT2D eigenvalue weighted by molar-refractivity contribution is 5.94. The van der Waals surface area contributed by atoms with E-state index in [1.807, 2.05) is 12.1 Å². The van der Waals surface area contributed by atoms with Crippen molar-refractivity contribution < 1.29 is 4.79 Å². The molecule has 0 aliphatic carbocycles. The molecule has 0 saturated carbocycles. The fraction of sp³-hybridized carbons (Fsp3) is 0.533. The van der Waals surface area contributed by atoms with Crippen molar-refractivity contribution in [3.8, 4) is 0 Å². The molecule has 3 rings (SSSR count). The molecule has 1 aromatic rings. The van der Waals surface area contributed by atoms with Gasteiger partial charge in [0.1, 0.15) is 0 Å². The lowest BCUT2D eigenvalue weighted by Crippen LogP contribution is -2.27. The van der Waals surface area contributed by atoms with E-state index in [9.17, 15) is 4.79 Å². The third kappa shape index (κ3) is 3.04. The monoisotopic (exact) mass is 274 g/mol. The molecule has 2 aliphatic heterocycles. The summed E-state index contributed by atoms with van der Waals surface area (Å²) >= 11 is 0. The summed E-state index contributed by atoms with van der Waals surface area (Å²) in [4.78, 5) is 13.4. The van der Waals surface area contributed by atoms with Gasteiger partial charge in [0.25, 0.3) is 0 Å². The number of amides is 2. The molecule has 2 amide bonds. The van der Waals surface area contributed by atoms with Gasteiger partial charge in [0.15, 0.2) is 0 Å². The van der Waals surface area contributed by atoms with Crippen molar-refractivity contribution in [2.45, 2.75) is 25.3 Å². The molecule has 1 atom stereocenters. The van der Waals surface area contributed by atoms with E-state index in [-0.39, 0.29) is 6.03 Å². The normalized spacial score (nSPS) is 23.3. The molecule has 5 nitrogen and oxygen atoms in total. The van der Waals surface area contributed by atoms with Crippen molar-refractivity contribution in [2.24, 2.45) is 0 Å². The van der Waals surface area contributed by atoms with Gasteiger partial charge in [-0.3, -0.25) is 4.90 Å². The van der Waals surface area contributed by atoms with Crippen molar-refractivity contribution >= 4 is 17.4 Å². The van der Waals surface area contributed by atoms with Crippen LogP contribution in [0.15, 0.2) is 24.3 Å². The Morgan fingerprint density at radius 2 is 1.95 bits per heavy atom. The van der Waals surface area contributed by atoms with E-state index in [2.05, 4.69) is 28.1 Å². The molecule has 0 aromatic heterocycles. The third-order valence-corrected chi connectivity index (χ3v) is 3.98. The van der Waals surface area contributed by atoms with E-state index >= 15 is 0 Å². The van der Waals surface area contributed by atoms with E-state index < -0.39 is 0 Å². The van der Waals surface area contributed by atoms with Crippen LogP contribution >= 0.6 is 0 Å². The van der Waals surface area contributed by atoms with Crippen LogP contribution in [0.3, 0.4) is 0 Å². The molecule has 0 bridgehead atoms. The zero-order chi connectivity index (χ0) is 13.8. The number of carbonyl (C=O) groups excluding carboxylic acids is 1. The highest BCUT2D eigenvalue weighted by Crippen LogP contribution is 2.21. The quantitative estimate of drug-likeness (QED) is 0.787. The second kappa shape index (κ2) is 6.13. The van der Waals surface area contributed by atoms with Crippen LogP contribution in [0.5, 0.6) is 0 Å². The van der Waals surface area contributed by atoms with Gasteiger partial charge < -0.3 is 16.0 Å². The van der Waals surface area contributed by atoms with Gasteiger partial charge in [0, 0.05) is 30.5 Å². The van der Waals surface area contributed by atoms with Gasteiger partial charge in [-0.2, -0.15) is 0 Å². The first-order valence-corrected chi connectivity index (χ1v) is 7.45. The number of urea groups is 1. The van der Waals surface area contributed by atoms with E-state index in [1.54, 1.807) is 4.90 Å². The van der Waals surface area contributed by atoms with Crippen LogP contribution in [0.4, 0.5) is 16.2 Å². The van der Waals surface area contributed by atoms with E-state index in [0.717, 1.165) is 44.0 Å². The largest absolute Gasteiger partial charge is 0.382 e. The average molecular weight is 274 g/mol. The lowest BCUT2D eigenvalue weighted by atomic mass is 10.1. The third-order valence-electron chi connectivity index (χ3n) is 3.98. The van der Waals surface area contributed by atoms with Gasteiger partial charge in [-0.05, 0) is 56.6 Å². The van der Waals surface area contributed by atoms with Crippen molar-refractivity contribution in [1.29, 1.82) is 0 Å². The zero-order valence-electron chi connectivity index (χ0n) is 11.7. The van der Waals surface area contributed by atoms with E-state index in [0.29, 0.717) is 6.04 Å². The molecule has 108 valence electrons. The minimum atomic E-state index is 0.000511. The van der Waals surface area contributed by atoms with E-state index in [1.165, 1.54) is 12.8 Å². The zero-order valence-corrected chi connectivity index (χ0v) is 11.7. The van der Waals surface area contributed by atoms with Crippen LogP contribution < -0.4 is 20.9 Å². The first kappa shape index (κ1) is 13.2. The number of hydrogen-bond acceptors (Lipinski definition) is 3. The maximum Gasteiger partial charge on any atom is 0.321 e. The number of hydrogen-bond donors (Lipinski definition) is 3. The Bertz CT molecular complexity index is 451. The van der Waals surface area contributed by atoms with Gasteiger partial charge in [-0.25, -0.2) is 4.79 Å². The topological polar surface area (TPSA) is 56.4 Å². The minimum Gasteiger partial charge on any atom is -0.382 e. The van der Waals surface area contributed by atoms with Gasteiger partial charge in [-0.15, -0.1) is 0 Å². The van der Waals surface area contributed by atoms with Crippen molar-refractivity contribution in [3.05, 3.63) is 24.3 Å². The van der Waals surface area contributed by atoms with Gasteiger partial charge in [-0.1, -0.05) is 0 Å². The van der Waals surface area contributed by atoms with Crippen LogP contribution in [0.2, 0.25) is 0 Å². The molecule has 1 unspecified atom stereocenters. The van der Waals surface area contributed by atoms with Crippen LogP contribution in [-0.4, -0.2) is 38.3 Å². The number of benzene rings is 1. The Labute approximate surface area is 119 Å². The second-order valence-electron chi connectivity index (χ2n) is 5.45. The van der Waals surface area contributed by atoms with Crippen molar-refractivity contribution in [3.63, 3.8) is 0 Å². The summed E-state index contributed by atoms with van der Waals surface area (Å²) in [6, 6.07) is 8.72. The molecule has 1 aromatic carbocycles. The molecule has 5 heteroatoms. The maximum absolute atomic E-state index is 11.6. The number of nitrogens with zero attached hydrogens (tertiary/aromatic N) is 1. The molecule has 0 radical (unpaired) electrons. The molecular weight excluding hydrogens is 252 g/mol. The van der Waals surface area contributed by atoms with E-state index in [4.69, 9.17) is 0 Å². The first-order valence-electron chi connectivity index (χ1n) is 7.45. The fourth-order valence-electron chi connectivity index (χ4n) is 2.85. The van der Waals surface area contributed by atoms with Crippen LogP contribution in [0.25, 0.3) is 0 Å². The summed E-state index contributed by atoms with van der Waals surface area (Å²) < 4.78 is 0. The lowest BCUT2D eigenvalue weighted by Gasteiger charge is -2.19. The summed E-state index contributed by atoms with van der Waals surface area (Å²) in [5, 5.41) is 9.83. The summed E-state index contributed by atoms with van der Waals surface area (Å²) in [6.45, 7) is 3.69. The maximum atomic E-state index is 11.6. The van der Waals surface area contributed by atoms with Crippen molar-refractivity contribution in [2.75, 3.05) is 36.4 Å². The molecule has 2 saturated heterocycles. The van der Waals surface area contributed by atoms with Gasteiger partial charge in [0.05, 0.1) is 0 Å². The average Bonchev–Trinajstić information content (AvgIpc) is 2.73. The smallest absolute Gasteiger partial charge is 0.321 e. The highest BCUT2D eigenvalue weighted by Gasteiger charge is 2.20. The summed E-state index contributed by atoms with van der Waals surface area (Å²) in [5.41, 5.74) is 2.10. The molecular formula is C15H22N4O. The lowest BCUT2D eigenvalue weighted by molar-refractivity contribution is 0.252. The van der Waals surface area contributed by atoms with Gasteiger partial charge >= 0.3 is 6.03 Å². The first-order chi connectivity index (χ1) is 9.83. The van der Waals surface area contributed by atoms with Crippen LogP contribution in [0, 0.1) is 0 Å². The Hall–Kier alpha value is -1.75. The SMILES string of the molecule is O=C1NCCN1c1ccc(NC2CCCNCC2)cc1. The Balaban J connectivity index is 1.62. The number of nitrogens with one attached hydrogen (secondary N) is 3. The predicted molar refractivity (Wildman–Crippen MR) is 81.3 cm³/mol. The molecule has 3 N–H and O–H groups in total. The molecule has 0 spiro atoms.